The number of alkyl carbamates (subject to hydrolysis) is 1. The van der Waals surface area contributed by atoms with Gasteiger partial charge in [0.1, 0.15) is 41.5 Å². The fourth-order valence-corrected chi connectivity index (χ4v) is 3.13. The van der Waals surface area contributed by atoms with E-state index >= 15 is 0 Å². The number of halogens is 2. The van der Waals surface area contributed by atoms with Crippen molar-refractivity contribution < 1.29 is 18.7 Å². The van der Waals surface area contributed by atoms with Gasteiger partial charge in [0.2, 0.25) is 0 Å². The van der Waals surface area contributed by atoms with Crippen molar-refractivity contribution in [1.82, 2.24) is 15.3 Å². The van der Waals surface area contributed by atoms with Crippen molar-refractivity contribution in [2.24, 2.45) is 0 Å². The van der Waals surface area contributed by atoms with Gasteiger partial charge < -0.3 is 25.8 Å². The lowest BCUT2D eigenvalue weighted by Gasteiger charge is -2.19. The quantitative estimate of drug-likeness (QED) is 0.345. The number of benzene rings is 2. The predicted octanol–water partition coefficient (Wildman–Crippen LogP) is 5.61. The molecule has 0 aliphatic heterocycles. The van der Waals surface area contributed by atoms with Crippen LogP contribution in [0.2, 0.25) is 5.02 Å². The van der Waals surface area contributed by atoms with Gasteiger partial charge in [-0.05, 0) is 68.7 Å². The molecule has 0 aliphatic rings. The standard InChI is InChI=1S/C27H27ClFN5O3/c1-27(2,3)37-26(35)31-13-6-4-5-10-22-24(30)25(33-17-32-22)34-20-11-12-23(21(28)15-20)36-16-18-8-7-9-19(29)14-18/h4,6-9,11-12,14-15,17H,13,16,30H2,1-3H3,(H,31,35)(H,32,33,34)/b6-4+. The third-order valence-corrected chi connectivity index (χ3v) is 4.81. The number of hydrogen-bond donors (Lipinski definition) is 3. The first kappa shape index (κ1) is 27.3. The van der Waals surface area contributed by atoms with E-state index in [0.717, 1.165) is 0 Å². The second kappa shape index (κ2) is 12.6. The lowest BCUT2D eigenvalue weighted by Crippen LogP contribution is -2.32. The number of carbonyl (C=O) groups is 1. The van der Waals surface area contributed by atoms with E-state index in [1.807, 2.05) is 0 Å². The van der Waals surface area contributed by atoms with E-state index in [4.69, 9.17) is 26.8 Å². The fraction of sp³-hybridized carbons (Fsp3) is 0.222. The minimum Gasteiger partial charge on any atom is -0.487 e. The molecule has 3 aromatic rings. The highest BCUT2D eigenvalue weighted by atomic mass is 35.5. The first-order valence-corrected chi connectivity index (χ1v) is 11.7. The summed E-state index contributed by atoms with van der Waals surface area (Å²) in [7, 11) is 0. The van der Waals surface area contributed by atoms with Gasteiger partial charge in [0.05, 0.1) is 5.02 Å². The summed E-state index contributed by atoms with van der Waals surface area (Å²) in [5.74, 6) is 6.16. The van der Waals surface area contributed by atoms with Crippen LogP contribution in [0, 0.1) is 17.7 Å². The maximum Gasteiger partial charge on any atom is 0.407 e. The number of nitrogen functional groups attached to an aromatic ring is 1. The van der Waals surface area contributed by atoms with Crippen molar-refractivity contribution in [3.05, 3.63) is 83.0 Å². The molecule has 37 heavy (non-hydrogen) atoms. The molecule has 192 valence electrons. The number of rotatable bonds is 7. The Bertz CT molecular complexity index is 1350. The lowest BCUT2D eigenvalue weighted by molar-refractivity contribution is 0.0534. The number of carbonyl (C=O) groups excluding carboxylic acids is 1. The topological polar surface area (TPSA) is 111 Å². The number of anilines is 3. The first-order chi connectivity index (χ1) is 17.6. The van der Waals surface area contributed by atoms with E-state index < -0.39 is 11.7 Å². The summed E-state index contributed by atoms with van der Waals surface area (Å²) in [5, 5.41) is 6.05. The van der Waals surface area contributed by atoms with Crippen LogP contribution in [0.5, 0.6) is 5.75 Å². The highest BCUT2D eigenvalue weighted by Gasteiger charge is 2.15. The Balaban J connectivity index is 1.58. The van der Waals surface area contributed by atoms with Crippen molar-refractivity contribution in [1.29, 1.82) is 0 Å². The molecule has 0 atom stereocenters. The summed E-state index contributed by atoms with van der Waals surface area (Å²) in [5.41, 5.74) is 7.54. The molecule has 0 bridgehead atoms. The van der Waals surface area contributed by atoms with Crippen LogP contribution in [0.4, 0.5) is 26.4 Å². The summed E-state index contributed by atoms with van der Waals surface area (Å²) >= 11 is 6.36. The van der Waals surface area contributed by atoms with Crippen LogP contribution in [0.3, 0.4) is 0 Å². The fourth-order valence-electron chi connectivity index (χ4n) is 2.90. The molecule has 1 amide bonds. The Morgan fingerprint density at radius 3 is 2.76 bits per heavy atom. The monoisotopic (exact) mass is 523 g/mol. The number of amides is 1. The van der Waals surface area contributed by atoms with Gasteiger partial charge in [-0.25, -0.2) is 19.2 Å². The van der Waals surface area contributed by atoms with Crippen LogP contribution in [-0.4, -0.2) is 28.2 Å². The van der Waals surface area contributed by atoms with E-state index in [1.54, 1.807) is 63.3 Å². The van der Waals surface area contributed by atoms with Crippen LogP contribution in [0.1, 0.15) is 32.0 Å². The van der Waals surface area contributed by atoms with E-state index in [9.17, 15) is 9.18 Å². The molecule has 0 aliphatic carbocycles. The van der Waals surface area contributed by atoms with Gasteiger partial charge >= 0.3 is 6.09 Å². The zero-order chi connectivity index (χ0) is 26.8. The van der Waals surface area contributed by atoms with Crippen LogP contribution < -0.4 is 21.1 Å². The number of hydrogen-bond acceptors (Lipinski definition) is 7. The molecule has 8 nitrogen and oxygen atoms in total. The third kappa shape index (κ3) is 9.02. The van der Waals surface area contributed by atoms with Crippen molar-refractivity contribution in [3.63, 3.8) is 0 Å². The summed E-state index contributed by atoms with van der Waals surface area (Å²) < 4.78 is 24.2. The van der Waals surface area contributed by atoms with Gasteiger partial charge in [0.25, 0.3) is 0 Å². The van der Waals surface area contributed by atoms with Crippen LogP contribution >= 0.6 is 11.6 Å². The first-order valence-electron chi connectivity index (χ1n) is 11.3. The summed E-state index contributed by atoms with van der Waals surface area (Å²) in [6, 6.07) is 11.3. The van der Waals surface area contributed by atoms with E-state index in [-0.39, 0.29) is 24.7 Å². The highest BCUT2D eigenvalue weighted by Crippen LogP contribution is 2.31. The Labute approximate surface area is 220 Å². The Morgan fingerprint density at radius 1 is 1.22 bits per heavy atom. The predicted molar refractivity (Wildman–Crippen MR) is 142 cm³/mol. The molecule has 0 spiro atoms. The van der Waals surface area contributed by atoms with Crippen molar-refractivity contribution in [2.45, 2.75) is 33.0 Å². The Morgan fingerprint density at radius 2 is 2.03 bits per heavy atom. The van der Waals surface area contributed by atoms with E-state index in [2.05, 4.69) is 32.4 Å². The summed E-state index contributed by atoms with van der Waals surface area (Å²) in [6.45, 7) is 5.81. The van der Waals surface area contributed by atoms with Gasteiger partial charge in [0.15, 0.2) is 5.82 Å². The molecule has 0 unspecified atom stereocenters. The highest BCUT2D eigenvalue weighted by molar-refractivity contribution is 6.32. The average molecular weight is 524 g/mol. The second-order valence-electron chi connectivity index (χ2n) is 8.73. The number of ether oxygens (including phenoxy) is 2. The van der Waals surface area contributed by atoms with Crippen LogP contribution in [0.25, 0.3) is 0 Å². The Kier molecular flexibility index (Phi) is 9.30. The third-order valence-electron chi connectivity index (χ3n) is 4.52. The number of nitrogens with two attached hydrogens (primary N) is 1. The van der Waals surface area contributed by atoms with Gasteiger partial charge in [-0.2, -0.15) is 0 Å². The Hall–Kier alpha value is -4.29. The van der Waals surface area contributed by atoms with E-state index in [0.29, 0.717) is 33.5 Å². The van der Waals surface area contributed by atoms with Crippen molar-refractivity contribution in [2.75, 3.05) is 17.6 Å². The van der Waals surface area contributed by atoms with E-state index in [1.165, 1.54) is 18.5 Å². The smallest absolute Gasteiger partial charge is 0.407 e. The molecule has 0 saturated carbocycles. The summed E-state index contributed by atoms with van der Waals surface area (Å²) in [4.78, 5) is 19.9. The number of nitrogens with one attached hydrogen (secondary N) is 2. The van der Waals surface area contributed by atoms with Gasteiger partial charge in [-0.15, -0.1) is 0 Å². The van der Waals surface area contributed by atoms with Crippen molar-refractivity contribution >= 4 is 34.9 Å². The normalized spacial score (nSPS) is 10.9. The number of aromatic nitrogens is 2. The molecule has 0 saturated heterocycles. The lowest BCUT2D eigenvalue weighted by atomic mass is 10.2. The van der Waals surface area contributed by atoms with Crippen molar-refractivity contribution in [3.8, 4) is 17.6 Å². The number of nitrogens with zero attached hydrogens (tertiary/aromatic N) is 2. The molecule has 0 fully saturated rings. The largest absolute Gasteiger partial charge is 0.487 e. The molecule has 2 aromatic carbocycles. The molecule has 1 aromatic heterocycles. The molecule has 3 rings (SSSR count). The average Bonchev–Trinajstić information content (AvgIpc) is 2.82. The SMILES string of the molecule is CC(C)(C)OC(=O)NC/C=C/C#Cc1ncnc(Nc2ccc(OCc3cccc(F)c3)c(Cl)c2)c1N. The van der Waals surface area contributed by atoms with Crippen LogP contribution in [-0.2, 0) is 11.3 Å². The molecule has 1 heterocycles. The molecule has 0 radical (unpaired) electrons. The molecule has 10 heteroatoms. The van der Waals surface area contributed by atoms with Crippen LogP contribution in [0.15, 0.2) is 60.9 Å². The molecular weight excluding hydrogens is 497 g/mol. The zero-order valence-corrected chi connectivity index (χ0v) is 21.4. The van der Waals surface area contributed by atoms with Gasteiger partial charge in [0, 0.05) is 12.2 Å². The maximum atomic E-state index is 13.3. The molecular formula is C27H27ClFN5O3. The van der Waals surface area contributed by atoms with Gasteiger partial charge in [-0.1, -0.05) is 35.7 Å². The van der Waals surface area contributed by atoms with Gasteiger partial charge in [-0.3, -0.25) is 0 Å². The minimum absolute atomic E-state index is 0.177. The maximum absolute atomic E-state index is 13.3. The second-order valence-corrected chi connectivity index (χ2v) is 9.14. The minimum atomic E-state index is -0.560. The number of allylic oxidation sites excluding steroid dienone is 1. The summed E-state index contributed by atoms with van der Waals surface area (Å²) in [6.07, 6.45) is 4.09. The zero-order valence-electron chi connectivity index (χ0n) is 20.6. The molecule has 4 N–H and O–H groups in total.